The Kier molecular flexibility index (Phi) is 2.11. The number of hydrogen-bond acceptors (Lipinski definition) is 2. The summed E-state index contributed by atoms with van der Waals surface area (Å²) in [5.41, 5.74) is 1.61. The number of halogens is 1. The van der Waals surface area contributed by atoms with Gasteiger partial charge in [-0.15, -0.1) is 0 Å². The van der Waals surface area contributed by atoms with E-state index in [2.05, 4.69) is 22.6 Å². The van der Waals surface area contributed by atoms with Crippen molar-refractivity contribution in [1.82, 2.24) is 0 Å². The lowest BCUT2D eigenvalue weighted by molar-refractivity contribution is 0.564. The maximum atomic E-state index is 8.43. The minimum absolute atomic E-state index is 0.643. The zero-order valence-corrected chi connectivity index (χ0v) is 6.75. The molecule has 0 aliphatic carbocycles. The molecular formula is C6H4INO. The fourth-order valence-electron chi connectivity index (χ4n) is 0.525. The highest BCUT2D eigenvalue weighted by atomic mass is 127. The lowest BCUT2D eigenvalue weighted by Crippen LogP contribution is -1.74. The van der Waals surface area contributed by atoms with E-state index >= 15 is 0 Å². The van der Waals surface area contributed by atoms with Crippen LogP contribution in [0.5, 0.6) is 0 Å². The van der Waals surface area contributed by atoms with E-state index in [1.54, 1.807) is 6.26 Å². The number of rotatable bonds is 1. The van der Waals surface area contributed by atoms with Crippen LogP contribution in [-0.2, 0) is 4.43 Å². The summed E-state index contributed by atoms with van der Waals surface area (Å²) >= 11 is 2.19. The molecule has 1 aromatic heterocycles. The van der Waals surface area contributed by atoms with Gasteiger partial charge in [-0.3, -0.25) is 0 Å². The molecule has 0 aromatic carbocycles. The third-order valence-electron chi connectivity index (χ3n) is 1.01. The van der Waals surface area contributed by atoms with E-state index in [1.165, 1.54) is 6.26 Å². The van der Waals surface area contributed by atoms with E-state index in [4.69, 9.17) is 9.68 Å². The molecule has 0 spiro atoms. The number of nitriles is 1. The Bertz CT molecular complexity index is 235. The summed E-state index contributed by atoms with van der Waals surface area (Å²) in [6, 6.07) is 2.03. The average molecular weight is 233 g/mol. The average Bonchev–Trinajstić information content (AvgIpc) is 2.33. The van der Waals surface area contributed by atoms with Gasteiger partial charge in [0.05, 0.1) is 11.8 Å². The van der Waals surface area contributed by atoms with Crippen LogP contribution in [0.1, 0.15) is 11.1 Å². The highest BCUT2D eigenvalue weighted by Gasteiger charge is 2.00. The predicted octanol–water partition coefficient (Wildman–Crippen LogP) is 2.09. The van der Waals surface area contributed by atoms with Crippen molar-refractivity contribution in [3.05, 3.63) is 23.7 Å². The lowest BCUT2D eigenvalue weighted by atomic mass is 10.2. The summed E-state index contributed by atoms with van der Waals surface area (Å²) in [6.45, 7) is 0. The van der Waals surface area contributed by atoms with Crippen LogP contribution < -0.4 is 0 Å². The third kappa shape index (κ3) is 1.24. The second-order valence-corrected chi connectivity index (χ2v) is 2.32. The van der Waals surface area contributed by atoms with Gasteiger partial charge >= 0.3 is 0 Å². The first-order valence-electron chi connectivity index (χ1n) is 2.39. The van der Waals surface area contributed by atoms with Gasteiger partial charge in [-0.2, -0.15) is 5.26 Å². The Hall–Kier alpha value is -0.500. The van der Waals surface area contributed by atoms with Gasteiger partial charge in [0, 0.05) is 9.99 Å². The van der Waals surface area contributed by atoms with Crippen LogP contribution >= 0.6 is 22.6 Å². The van der Waals surface area contributed by atoms with E-state index in [9.17, 15) is 0 Å². The molecule has 0 aliphatic rings. The van der Waals surface area contributed by atoms with Gasteiger partial charge in [0.1, 0.15) is 12.3 Å². The Morgan fingerprint density at radius 2 is 2.44 bits per heavy atom. The van der Waals surface area contributed by atoms with Crippen LogP contribution in [0.15, 0.2) is 16.9 Å². The van der Waals surface area contributed by atoms with Gasteiger partial charge in [0.15, 0.2) is 0 Å². The molecule has 0 unspecified atom stereocenters. The molecule has 0 saturated heterocycles. The molecule has 0 saturated carbocycles. The highest BCUT2D eigenvalue weighted by Crippen LogP contribution is 2.12. The zero-order valence-electron chi connectivity index (χ0n) is 4.60. The summed E-state index contributed by atoms with van der Waals surface area (Å²) in [7, 11) is 0. The van der Waals surface area contributed by atoms with Crippen LogP contribution in [0.4, 0.5) is 0 Å². The molecule has 0 aliphatic heterocycles. The Balaban J connectivity index is 3.02. The lowest BCUT2D eigenvalue weighted by Gasteiger charge is -1.81. The third-order valence-corrected chi connectivity index (χ3v) is 1.83. The fraction of sp³-hybridized carbons (Fsp3) is 0.167. The van der Waals surface area contributed by atoms with E-state index in [1.807, 2.05) is 6.07 Å². The smallest absolute Gasteiger partial charge is 0.108 e. The molecular weight excluding hydrogens is 229 g/mol. The number of hydrogen-bond donors (Lipinski definition) is 0. The molecule has 2 nitrogen and oxygen atoms in total. The molecule has 3 heteroatoms. The molecule has 0 bridgehead atoms. The highest BCUT2D eigenvalue weighted by molar-refractivity contribution is 14.1. The molecule has 0 fully saturated rings. The molecule has 1 aromatic rings. The summed E-state index contributed by atoms with van der Waals surface area (Å²) < 4.78 is 5.63. The maximum absolute atomic E-state index is 8.43. The largest absolute Gasteiger partial charge is 0.471 e. The van der Waals surface area contributed by atoms with Gasteiger partial charge in [0.25, 0.3) is 0 Å². The van der Waals surface area contributed by atoms with E-state index in [0.29, 0.717) is 5.56 Å². The maximum Gasteiger partial charge on any atom is 0.108 e. The normalized spacial score (nSPS) is 8.89. The van der Waals surface area contributed by atoms with Gasteiger partial charge < -0.3 is 4.42 Å². The fourth-order valence-corrected chi connectivity index (χ4v) is 1.12. The molecule has 1 rings (SSSR count). The van der Waals surface area contributed by atoms with Crippen molar-refractivity contribution >= 4 is 22.6 Å². The minimum Gasteiger partial charge on any atom is -0.471 e. The SMILES string of the molecule is N#Cc1cocc1CI. The van der Waals surface area contributed by atoms with E-state index < -0.39 is 0 Å². The number of furan rings is 1. The van der Waals surface area contributed by atoms with Crippen molar-refractivity contribution in [3.63, 3.8) is 0 Å². The second-order valence-electron chi connectivity index (χ2n) is 1.56. The van der Waals surface area contributed by atoms with Crippen LogP contribution in [0.3, 0.4) is 0 Å². The van der Waals surface area contributed by atoms with Crippen molar-refractivity contribution in [3.8, 4) is 6.07 Å². The number of alkyl halides is 1. The Labute approximate surface area is 66.6 Å². The summed E-state index contributed by atoms with van der Waals surface area (Å²) in [5, 5.41) is 8.43. The van der Waals surface area contributed by atoms with Crippen molar-refractivity contribution < 1.29 is 4.42 Å². The summed E-state index contributed by atoms with van der Waals surface area (Å²) in [5.74, 6) is 0. The first-order chi connectivity index (χ1) is 4.38. The zero-order chi connectivity index (χ0) is 6.69. The van der Waals surface area contributed by atoms with Crippen LogP contribution in [-0.4, -0.2) is 0 Å². The standard InChI is InChI=1S/C6H4INO/c7-1-5-3-9-4-6(5)2-8/h3-4H,1H2. The molecule has 0 N–H and O–H groups in total. The van der Waals surface area contributed by atoms with Crippen molar-refractivity contribution in [2.24, 2.45) is 0 Å². The van der Waals surface area contributed by atoms with E-state index in [-0.39, 0.29) is 0 Å². The van der Waals surface area contributed by atoms with Crippen molar-refractivity contribution in [1.29, 1.82) is 5.26 Å². The molecule has 1 heterocycles. The first kappa shape index (κ1) is 6.62. The molecule has 0 amide bonds. The molecule has 46 valence electrons. The summed E-state index contributed by atoms with van der Waals surface area (Å²) in [4.78, 5) is 0. The van der Waals surface area contributed by atoms with Crippen molar-refractivity contribution in [2.45, 2.75) is 4.43 Å². The molecule has 9 heavy (non-hydrogen) atoms. The van der Waals surface area contributed by atoms with Crippen LogP contribution in [0, 0.1) is 11.3 Å². The van der Waals surface area contributed by atoms with Crippen LogP contribution in [0.25, 0.3) is 0 Å². The predicted molar refractivity (Wildman–Crippen MR) is 41.1 cm³/mol. The van der Waals surface area contributed by atoms with Crippen LogP contribution in [0.2, 0.25) is 0 Å². The van der Waals surface area contributed by atoms with Crippen molar-refractivity contribution in [2.75, 3.05) is 0 Å². The van der Waals surface area contributed by atoms with Gasteiger partial charge in [-0.25, -0.2) is 0 Å². The number of nitrogens with zero attached hydrogens (tertiary/aromatic N) is 1. The Morgan fingerprint density at radius 1 is 1.67 bits per heavy atom. The Morgan fingerprint density at radius 3 is 2.89 bits per heavy atom. The van der Waals surface area contributed by atoms with Gasteiger partial charge in [-0.1, -0.05) is 22.6 Å². The van der Waals surface area contributed by atoms with E-state index in [0.717, 1.165) is 9.99 Å². The minimum atomic E-state index is 0.643. The molecule has 0 radical (unpaired) electrons. The quantitative estimate of drug-likeness (QED) is 0.550. The summed E-state index contributed by atoms with van der Waals surface area (Å²) in [6.07, 6.45) is 3.07. The topological polar surface area (TPSA) is 36.9 Å². The first-order valence-corrected chi connectivity index (χ1v) is 3.92. The second kappa shape index (κ2) is 2.87. The van der Waals surface area contributed by atoms with Gasteiger partial charge in [0.2, 0.25) is 0 Å². The molecule has 0 atom stereocenters. The monoisotopic (exact) mass is 233 g/mol. The van der Waals surface area contributed by atoms with Gasteiger partial charge in [-0.05, 0) is 0 Å².